The van der Waals surface area contributed by atoms with Crippen molar-refractivity contribution in [3.63, 3.8) is 0 Å². The van der Waals surface area contributed by atoms with E-state index in [1.165, 1.54) is 11.3 Å². The maximum atomic E-state index is 11.9. The summed E-state index contributed by atoms with van der Waals surface area (Å²) in [5, 5.41) is 2.00. The fourth-order valence-electron chi connectivity index (χ4n) is 2.11. The van der Waals surface area contributed by atoms with Gasteiger partial charge in [-0.25, -0.2) is 0 Å². The molecular formula is C15H14ClN3OS. The first-order chi connectivity index (χ1) is 10.0. The summed E-state index contributed by atoms with van der Waals surface area (Å²) in [6, 6.07) is 5.89. The summed E-state index contributed by atoms with van der Waals surface area (Å²) >= 11 is 7.48. The third-order valence-electron chi connectivity index (χ3n) is 3.32. The van der Waals surface area contributed by atoms with Gasteiger partial charge in [0.1, 0.15) is 6.54 Å². The van der Waals surface area contributed by atoms with Gasteiger partial charge < -0.3 is 9.47 Å². The lowest BCUT2D eigenvalue weighted by atomic mass is 10.1. The second kappa shape index (κ2) is 5.50. The van der Waals surface area contributed by atoms with Crippen molar-refractivity contribution < 1.29 is 4.79 Å². The normalized spacial score (nSPS) is 11.0. The van der Waals surface area contributed by atoms with Crippen molar-refractivity contribution in [2.24, 2.45) is 0 Å². The van der Waals surface area contributed by atoms with Crippen LogP contribution >= 0.6 is 22.9 Å². The highest BCUT2D eigenvalue weighted by molar-refractivity contribution is 7.14. The van der Waals surface area contributed by atoms with E-state index in [4.69, 9.17) is 11.6 Å². The second-order valence-corrected chi connectivity index (χ2v) is 6.54. The van der Waals surface area contributed by atoms with E-state index in [-0.39, 0.29) is 5.91 Å². The smallest absolute Gasteiger partial charge is 0.241 e. The molecule has 3 heterocycles. The molecule has 1 amide bonds. The molecule has 0 aliphatic carbocycles. The van der Waals surface area contributed by atoms with E-state index >= 15 is 0 Å². The highest BCUT2D eigenvalue weighted by Gasteiger charge is 2.10. The summed E-state index contributed by atoms with van der Waals surface area (Å²) in [5.41, 5.74) is 3.88. The van der Waals surface area contributed by atoms with Gasteiger partial charge in [-0.15, -0.1) is 11.3 Å². The third kappa shape index (κ3) is 2.80. The van der Waals surface area contributed by atoms with Gasteiger partial charge in [-0.2, -0.15) is 0 Å². The van der Waals surface area contributed by atoms with E-state index in [1.54, 1.807) is 19.0 Å². The van der Waals surface area contributed by atoms with Gasteiger partial charge >= 0.3 is 0 Å². The first-order valence-electron chi connectivity index (χ1n) is 6.44. The Morgan fingerprint density at radius 1 is 1.38 bits per heavy atom. The van der Waals surface area contributed by atoms with Gasteiger partial charge in [0.15, 0.2) is 0 Å². The Kier molecular flexibility index (Phi) is 3.69. The van der Waals surface area contributed by atoms with Crippen molar-refractivity contribution in [2.75, 3.05) is 14.1 Å². The molecule has 0 aliphatic rings. The Morgan fingerprint density at radius 3 is 2.86 bits per heavy atom. The number of fused-ring (bicyclic) bond motifs is 1. The van der Waals surface area contributed by atoms with Crippen molar-refractivity contribution in [2.45, 2.75) is 6.54 Å². The summed E-state index contributed by atoms with van der Waals surface area (Å²) < 4.78 is 2.67. The summed E-state index contributed by atoms with van der Waals surface area (Å²) in [6.45, 7) is 0.312. The molecule has 0 unspecified atom stereocenters. The SMILES string of the molecule is CN(C)C(=O)Cn1ccc2ncc(-c3csc(Cl)c3)cc21. The van der Waals surface area contributed by atoms with Gasteiger partial charge in [0.05, 0.1) is 15.4 Å². The molecule has 108 valence electrons. The van der Waals surface area contributed by atoms with Crippen LogP contribution in [0.15, 0.2) is 36.0 Å². The van der Waals surface area contributed by atoms with Crippen LogP contribution < -0.4 is 0 Å². The predicted molar refractivity (Wildman–Crippen MR) is 86.8 cm³/mol. The number of carbonyl (C=O) groups excluding carboxylic acids is 1. The minimum atomic E-state index is 0.0523. The van der Waals surface area contributed by atoms with Gasteiger partial charge in [0.2, 0.25) is 5.91 Å². The third-order valence-corrected chi connectivity index (χ3v) is 4.42. The number of carbonyl (C=O) groups is 1. The first kappa shape index (κ1) is 14.1. The van der Waals surface area contributed by atoms with E-state index < -0.39 is 0 Å². The lowest BCUT2D eigenvalue weighted by Gasteiger charge is -2.11. The molecule has 0 saturated carbocycles. The second-order valence-electron chi connectivity index (χ2n) is 5.00. The largest absolute Gasteiger partial charge is 0.347 e. The first-order valence-corrected chi connectivity index (χ1v) is 7.70. The summed E-state index contributed by atoms with van der Waals surface area (Å²) in [6.07, 6.45) is 3.72. The Hall–Kier alpha value is -1.85. The quantitative estimate of drug-likeness (QED) is 0.741. The molecule has 0 aromatic carbocycles. The number of rotatable bonds is 3. The molecular weight excluding hydrogens is 306 g/mol. The number of thiophene rings is 1. The number of likely N-dealkylation sites (N-methyl/N-ethyl adjacent to an activating group) is 1. The number of hydrogen-bond donors (Lipinski definition) is 0. The van der Waals surface area contributed by atoms with Gasteiger partial charge in [-0.3, -0.25) is 9.78 Å². The van der Waals surface area contributed by atoms with E-state index in [1.807, 2.05) is 40.5 Å². The summed E-state index contributed by atoms with van der Waals surface area (Å²) in [5.74, 6) is 0.0523. The fourth-order valence-corrected chi connectivity index (χ4v) is 3.00. The molecule has 0 N–H and O–H groups in total. The Labute approximate surface area is 131 Å². The number of aromatic nitrogens is 2. The molecule has 6 heteroatoms. The zero-order valence-electron chi connectivity index (χ0n) is 11.7. The molecule has 3 rings (SSSR count). The monoisotopic (exact) mass is 319 g/mol. The van der Waals surface area contributed by atoms with Crippen LogP contribution in [-0.4, -0.2) is 34.5 Å². The van der Waals surface area contributed by atoms with Crippen LogP contribution in [0.3, 0.4) is 0 Å². The molecule has 3 aromatic rings. The molecule has 0 aliphatic heterocycles. The maximum Gasteiger partial charge on any atom is 0.241 e. The van der Waals surface area contributed by atoms with Crippen LogP contribution in [0.2, 0.25) is 4.34 Å². The maximum absolute atomic E-state index is 11.9. The lowest BCUT2D eigenvalue weighted by Crippen LogP contribution is -2.25. The van der Waals surface area contributed by atoms with Crippen LogP contribution in [0.25, 0.3) is 22.2 Å². The molecule has 0 spiro atoms. The molecule has 21 heavy (non-hydrogen) atoms. The molecule has 4 nitrogen and oxygen atoms in total. The summed E-state index contributed by atoms with van der Waals surface area (Å²) in [4.78, 5) is 17.9. The Bertz CT molecular complexity index is 806. The molecule has 0 bridgehead atoms. The number of halogens is 1. The van der Waals surface area contributed by atoms with Gasteiger partial charge in [0.25, 0.3) is 0 Å². The van der Waals surface area contributed by atoms with Gasteiger partial charge in [0, 0.05) is 37.4 Å². The van der Waals surface area contributed by atoms with Crippen LogP contribution in [0, 0.1) is 0 Å². The number of hydrogen-bond acceptors (Lipinski definition) is 3. The van der Waals surface area contributed by atoms with Crippen molar-refractivity contribution in [1.29, 1.82) is 0 Å². The average Bonchev–Trinajstić information content (AvgIpc) is 3.05. The predicted octanol–water partition coefficient (Wildman–Crippen LogP) is 3.51. The van der Waals surface area contributed by atoms with Crippen molar-refractivity contribution in [3.05, 3.63) is 40.3 Å². The van der Waals surface area contributed by atoms with Crippen molar-refractivity contribution in [3.8, 4) is 11.1 Å². The van der Waals surface area contributed by atoms with Crippen LogP contribution in [0.5, 0.6) is 0 Å². The minimum Gasteiger partial charge on any atom is -0.347 e. The highest BCUT2D eigenvalue weighted by Crippen LogP contribution is 2.30. The number of pyridine rings is 1. The topological polar surface area (TPSA) is 38.1 Å². The van der Waals surface area contributed by atoms with E-state index in [0.717, 1.165) is 26.5 Å². The zero-order valence-corrected chi connectivity index (χ0v) is 13.3. The minimum absolute atomic E-state index is 0.0523. The van der Waals surface area contributed by atoms with Crippen LogP contribution in [0.1, 0.15) is 0 Å². The highest BCUT2D eigenvalue weighted by atomic mass is 35.5. The van der Waals surface area contributed by atoms with Crippen LogP contribution in [0.4, 0.5) is 0 Å². The summed E-state index contributed by atoms with van der Waals surface area (Å²) in [7, 11) is 3.51. The average molecular weight is 320 g/mol. The van der Waals surface area contributed by atoms with Crippen molar-refractivity contribution in [1.82, 2.24) is 14.5 Å². The van der Waals surface area contributed by atoms with E-state index in [9.17, 15) is 4.79 Å². The van der Waals surface area contributed by atoms with Crippen LogP contribution in [-0.2, 0) is 11.3 Å². The fraction of sp³-hybridized carbons (Fsp3) is 0.200. The van der Waals surface area contributed by atoms with E-state index in [0.29, 0.717) is 6.54 Å². The van der Waals surface area contributed by atoms with Crippen molar-refractivity contribution >= 4 is 39.9 Å². The Balaban J connectivity index is 2.01. The molecule has 3 aromatic heterocycles. The Morgan fingerprint density at radius 2 is 2.19 bits per heavy atom. The van der Waals surface area contributed by atoms with Gasteiger partial charge in [-0.1, -0.05) is 11.6 Å². The number of amides is 1. The lowest BCUT2D eigenvalue weighted by molar-refractivity contribution is -0.129. The molecule has 0 saturated heterocycles. The number of nitrogens with zero attached hydrogens (tertiary/aromatic N) is 3. The van der Waals surface area contributed by atoms with Gasteiger partial charge in [-0.05, 0) is 23.8 Å². The standard InChI is InChI=1S/C15H14ClN3OS/c1-18(2)15(20)8-19-4-3-12-13(19)5-10(7-17-12)11-6-14(16)21-9-11/h3-7,9H,8H2,1-2H3. The molecule has 0 radical (unpaired) electrons. The molecule has 0 atom stereocenters. The zero-order chi connectivity index (χ0) is 15.0. The molecule has 0 fully saturated rings. The van der Waals surface area contributed by atoms with E-state index in [2.05, 4.69) is 4.98 Å².